The van der Waals surface area contributed by atoms with Gasteiger partial charge in [-0.05, 0) is 63.0 Å². The van der Waals surface area contributed by atoms with Crippen molar-refractivity contribution in [1.29, 1.82) is 0 Å². The van der Waals surface area contributed by atoms with E-state index in [1.54, 1.807) is 24.3 Å². The molecule has 1 amide bonds. The Morgan fingerprint density at radius 2 is 1.87 bits per heavy atom. The minimum atomic E-state index is -0.768. The third-order valence-electron chi connectivity index (χ3n) is 4.93. The van der Waals surface area contributed by atoms with Crippen molar-refractivity contribution in [2.75, 3.05) is 33.8 Å². The molecule has 1 heterocycles. The molecule has 0 bridgehead atoms. The van der Waals surface area contributed by atoms with Gasteiger partial charge in [-0.25, -0.2) is 4.39 Å². The van der Waals surface area contributed by atoms with Crippen LogP contribution >= 0.6 is 0 Å². The summed E-state index contributed by atoms with van der Waals surface area (Å²) in [5.41, 5.74) is 0.912. The molecule has 0 saturated carbocycles. The Hall–Kier alpha value is -3.19. The van der Waals surface area contributed by atoms with E-state index < -0.39 is 23.5 Å². The van der Waals surface area contributed by atoms with E-state index in [2.05, 4.69) is 0 Å². The second-order valence-corrected chi connectivity index (χ2v) is 7.31. The summed E-state index contributed by atoms with van der Waals surface area (Å²) in [5.74, 6) is -1.61. The van der Waals surface area contributed by atoms with Crippen molar-refractivity contribution >= 4 is 17.4 Å². The maximum atomic E-state index is 13.3. The fourth-order valence-electron chi connectivity index (χ4n) is 3.47. The van der Waals surface area contributed by atoms with Crippen LogP contribution in [0.25, 0.3) is 5.76 Å². The Morgan fingerprint density at radius 3 is 2.50 bits per heavy atom. The van der Waals surface area contributed by atoms with Crippen LogP contribution in [-0.4, -0.2) is 60.4 Å². The number of aliphatic hydroxyl groups excluding tert-OH is 1. The lowest BCUT2D eigenvalue weighted by atomic mass is 9.95. The number of aliphatic hydroxyl groups is 1. The van der Waals surface area contributed by atoms with Crippen LogP contribution in [0.4, 0.5) is 4.39 Å². The molecular weight excluding hydrogens is 387 g/mol. The lowest BCUT2D eigenvalue weighted by Gasteiger charge is -2.26. The molecule has 0 spiro atoms. The Balaban J connectivity index is 2.14. The summed E-state index contributed by atoms with van der Waals surface area (Å²) in [6, 6.07) is 11.5. The van der Waals surface area contributed by atoms with E-state index in [4.69, 9.17) is 4.74 Å². The number of ketones is 1. The minimum Gasteiger partial charge on any atom is -0.507 e. The number of carbonyl (C=O) groups is 2. The summed E-state index contributed by atoms with van der Waals surface area (Å²) in [4.78, 5) is 29.1. The molecule has 7 heteroatoms. The van der Waals surface area contributed by atoms with Gasteiger partial charge in [-0.15, -0.1) is 0 Å². The van der Waals surface area contributed by atoms with E-state index in [1.807, 2.05) is 25.9 Å². The van der Waals surface area contributed by atoms with E-state index in [-0.39, 0.29) is 16.9 Å². The number of carbonyl (C=O) groups excluding carboxylic acids is 2. The first-order valence-corrected chi connectivity index (χ1v) is 9.75. The van der Waals surface area contributed by atoms with Gasteiger partial charge < -0.3 is 19.6 Å². The Morgan fingerprint density at radius 1 is 1.17 bits per heavy atom. The van der Waals surface area contributed by atoms with Crippen LogP contribution in [0.1, 0.15) is 24.1 Å². The van der Waals surface area contributed by atoms with Gasteiger partial charge in [-0.3, -0.25) is 9.59 Å². The predicted octanol–water partition coefficient (Wildman–Crippen LogP) is 3.21. The number of halogens is 1. The zero-order chi connectivity index (χ0) is 21.8. The molecule has 1 N–H and O–H groups in total. The first-order chi connectivity index (χ1) is 14.3. The Labute approximate surface area is 175 Å². The van der Waals surface area contributed by atoms with Crippen LogP contribution in [0.3, 0.4) is 0 Å². The van der Waals surface area contributed by atoms with Gasteiger partial charge in [0.15, 0.2) is 0 Å². The fraction of sp³-hybridized carbons (Fsp3) is 0.304. The third-order valence-corrected chi connectivity index (χ3v) is 4.93. The lowest BCUT2D eigenvalue weighted by Crippen LogP contribution is -2.35. The van der Waals surface area contributed by atoms with Gasteiger partial charge in [0.2, 0.25) is 0 Å². The highest BCUT2D eigenvalue weighted by Gasteiger charge is 2.46. The SMILES string of the molecule is CCOc1cccc(C2/C(=C(/O)c3ccc(F)cc3)C(=O)C(=O)N2CCN(C)C)c1. The number of rotatable bonds is 7. The molecule has 0 radical (unpaired) electrons. The number of benzene rings is 2. The highest BCUT2D eigenvalue weighted by molar-refractivity contribution is 6.46. The molecule has 1 saturated heterocycles. The summed E-state index contributed by atoms with van der Waals surface area (Å²) >= 11 is 0. The van der Waals surface area contributed by atoms with Gasteiger partial charge in [-0.2, -0.15) is 0 Å². The van der Waals surface area contributed by atoms with Crippen LogP contribution in [0.5, 0.6) is 5.75 Å². The van der Waals surface area contributed by atoms with Crippen LogP contribution in [0.15, 0.2) is 54.1 Å². The number of Topliss-reactive ketones (excluding diaryl/α,β-unsaturated/α-hetero) is 1. The molecule has 3 rings (SSSR count). The first-order valence-electron chi connectivity index (χ1n) is 9.75. The lowest BCUT2D eigenvalue weighted by molar-refractivity contribution is -0.140. The van der Waals surface area contributed by atoms with Gasteiger partial charge in [0.1, 0.15) is 17.3 Å². The van der Waals surface area contributed by atoms with Crippen molar-refractivity contribution in [2.24, 2.45) is 0 Å². The molecule has 1 aliphatic heterocycles. The summed E-state index contributed by atoms with van der Waals surface area (Å²) in [7, 11) is 3.75. The van der Waals surface area contributed by atoms with Crippen LogP contribution < -0.4 is 4.74 Å². The highest BCUT2D eigenvalue weighted by Crippen LogP contribution is 2.40. The normalized spacial score (nSPS) is 18.3. The molecule has 1 aliphatic rings. The van der Waals surface area contributed by atoms with Crippen molar-refractivity contribution < 1.29 is 23.8 Å². The smallest absolute Gasteiger partial charge is 0.295 e. The zero-order valence-electron chi connectivity index (χ0n) is 17.3. The number of nitrogens with zero attached hydrogens (tertiary/aromatic N) is 2. The topological polar surface area (TPSA) is 70.1 Å². The van der Waals surface area contributed by atoms with Crippen molar-refractivity contribution in [3.05, 3.63) is 71.0 Å². The van der Waals surface area contributed by atoms with Gasteiger partial charge in [0.05, 0.1) is 18.2 Å². The largest absolute Gasteiger partial charge is 0.507 e. The van der Waals surface area contributed by atoms with Gasteiger partial charge in [0, 0.05) is 18.7 Å². The van der Waals surface area contributed by atoms with Crippen molar-refractivity contribution in [3.8, 4) is 5.75 Å². The molecule has 0 aliphatic carbocycles. The first kappa shape index (κ1) is 21.5. The summed E-state index contributed by atoms with van der Waals surface area (Å²) in [6.45, 7) is 3.19. The maximum Gasteiger partial charge on any atom is 0.295 e. The average molecular weight is 412 g/mol. The molecule has 1 unspecified atom stereocenters. The monoisotopic (exact) mass is 412 g/mol. The highest BCUT2D eigenvalue weighted by atomic mass is 19.1. The quantitative estimate of drug-likeness (QED) is 0.430. The number of likely N-dealkylation sites (N-methyl/N-ethyl adjacent to an activating group) is 1. The summed E-state index contributed by atoms with van der Waals surface area (Å²) < 4.78 is 18.9. The molecule has 2 aromatic rings. The minimum absolute atomic E-state index is 0.0148. The number of amides is 1. The Kier molecular flexibility index (Phi) is 6.52. The van der Waals surface area contributed by atoms with Crippen LogP contribution in [0.2, 0.25) is 0 Å². The van der Waals surface area contributed by atoms with E-state index in [9.17, 15) is 19.1 Å². The third kappa shape index (κ3) is 4.36. The molecule has 30 heavy (non-hydrogen) atoms. The zero-order valence-corrected chi connectivity index (χ0v) is 17.3. The maximum absolute atomic E-state index is 13.3. The van der Waals surface area contributed by atoms with E-state index in [1.165, 1.54) is 29.2 Å². The predicted molar refractivity (Wildman–Crippen MR) is 112 cm³/mol. The van der Waals surface area contributed by atoms with Crippen LogP contribution in [0, 0.1) is 5.82 Å². The number of hydrogen-bond acceptors (Lipinski definition) is 5. The number of ether oxygens (including phenoxy) is 1. The van der Waals surface area contributed by atoms with Gasteiger partial charge >= 0.3 is 0 Å². The van der Waals surface area contributed by atoms with E-state index in [0.29, 0.717) is 31.0 Å². The van der Waals surface area contributed by atoms with E-state index in [0.717, 1.165) is 0 Å². The second-order valence-electron chi connectivity index (χ2n) is 7.31. The molecular formula is C23H25FN2O4. The van der Waals surface area contributed by atoms with Crippen molar-refractivity contribution in [3.63, 3.8) is 0 Å². The molecule has 0 aromatic heterocycles. The molecule has 1 atom stereocenters. The summed E-state index contributed by atoms with van der Waals surface area (Å²) in [6.07, 6.45) is 0. The van der Waals surface area contributed by atoms with Crippen molar-refractivity contribution in [2.45, 2.75) is 13.0 Å². The average Bonchev–Trinajstić information content (AvgIpc) is 2.97. The van der Waals surface area contributed by atoms with Gasteiger partial charge in [-0.1, -0.05) is 12.1 Å². The second kappa shape index (κ2) is 9.09. The molecule has 1 fully saturated rings. The number of likely N-dealkylation sites (tertiary alicyclic amines) is 1. The van der Waals surface area contributed by atoms with Gasteiger partial charge in [0.25, 0.3) is 11.7 Å². The Bertz CT molecular complexity index is 969. The molecule has 158 valence electrons. The van der Waals surface area contributed by atoms with Crippen LogP contribution in [-0.2, 0) is 9.59 Å². The van der Waals surface area contributed by atoms with E-state index >= 15 is 0 Å². The summed E-state index contributed by atoms with van der Waals surface area (Å²) in [5, 5.41) is 10.9. The fourth-order valence-corrected chi connectivity index (χ4v) is 3.47. The number of hydrogen-bond donors (Lipinski definition) is 1. The molecule has 6 nitrogen and oxygen atoms in total. The van der Waals surface area contributed by atoms with Crippen molar-refractivity contribution in [1.82, 2.24) is 9.80 Å². The molecule has 2 aromatic carbocycles. The standard InChI is InChI=1S/C23H25FN2O4/c1-4-30-18-7-5-6-16(14-18)20-19(21(27)15-8-10-17(24)11-9-15)22(28)23(29)26(20)13-12-25(2)3/h5-11,14,20,27H,4,12-13H2,1-3H3/b21-19-.